The topological polar surface area (TPSA) is 51.4 Å². The molecule has 0 unspecified atom stereocenters. The van der Waals surface area contributed by atoms with Gasteiger partial charge < -0.3 is 9.26 Å². The van der Waals surface area contributed by atoms with E-state index < -0.39 is 0 Å². The summed E-state index contributed by atoms with van der Waals surface area (Å²) in [5.74, 6) is 2.10. The van der Waals surface area contributed by atoms with E-state index in [9.17, 15) is 0 Å². The van der Waals surface area contributed by atoms with Gasteiger partial charge >= 0.3 is 0 Å². The van der Waals surface area contributed by atoms with Crippen molar-refractivity contribution in [2.24, 2.45) is 0 Å². The Labute approximate surface area is 140 Å². The van der Waals surface area contributed by atoms with Crippen LogP contribution in [0.5, 0.6) is 0 Å². The van der Waals surface area contributed by atoms with Gasteiger partial charge in [0.15, 0.2) is 5.82 Å². The van der Waals surface area contributed by atoms with Gasteiger partial charge in [-0.15, -0.1) is 0 Å². The molecule has 1 aromatic carbocycles. The van der Waals surface area contributed by atoms with Gasteiger partial charge in [-0.2, -0.15) is 4.98 Å². The fourth-order valence-electron chi connectivity index (χ4n) is 2.98. The lowest BCUT2D eigenvalue weighted by atomic mass is 10.1. The van der Waals surface area contributed by atoms with Crippen LogP contribution in [-0.2, 0) is 4.74 Å². The molecule has 2 atom stereocenters. The minimum atomic E-state index is 0.0503. The quantitative estimate of drug-likeness (QED) is 0.853. The van der Waals surface area contributed by atoms with Crippen LogP contribution in [0.2, 0.25) is 5.02 Å². The highest BCUT2D eigenvalue weighted by molar-refractivity contribution is 6.30. The highest BCUT2D eigenvalue weighted by Crippen LogP contribution is 2.39. The van der Waals surface area contributed by atoms with E-state index in [1.54, 1.807) is 0 Å². The van der Waals surface area contributed by atoms with Crippen molar-refractivity contribution in [3.8, 4) is 0 Å². The van der Waals surface area contributed by atoms with Crippen LogP contribution in [0.4, 0.5) is 0 Å². The number of aromatic nitrogens is 2. The Morgan fingerprint density at radius 2 is 2.04 bits per heavy atom. The van der Waals surface area contributed by atoms with Crippen molar-refractivity contribution in [2.75, 3.05) is 19.7 Å². The summed E-state index contributed by atoms with van der Waals surface area (Å²) < 4.78 is 11.4. The summed E-state index contributed by atoms with van der Waals surface area (Å²) in [4.78, 5) is 6.92. The number of morpholine rings is 1. The van der Waals surface area contributed by atoms with E-state index in [2.05, 4.69) is 22.0 Å². The third-order valence-electron chi connectivity index (χ3n) is 4.64. The van der Waals surface area contributed by atoms with Crippen LogP contribution in [0, 0.1) is 0 Å². The maximum absolute atomic E-state index is 5.96. The van der Waals surface area contributed by atoms with Crippen LogP contribution in [0.1, 0.15) is 55.1 Å². The molecular formula is C17H20ClN3O2. The maximum Gasteiger partial charge on any atom is 0.243 e. The fraction of sp³-hybridized carbons (Fsp3) is 0.529. The Hall–Kier alpha value is -1.43. The summed E-state index contributed by atoms with van der Waals surface area (Å²) in [6, 6.07) is 7.97. The smallest absolute Gasteiger partial charge is 0.243 e. The van der Waals surface area contributed by atoms with Crippen molar-refractivity contribution in [1.29, 1.82) is 0 Å². The first-order valence-electron chi connectivity index (χ1n) is 8.15. The second-order valence-corrected chi connectivity index (χ2v) is 6.78. The molecule has 2 heterocycles. The molecule has 122 valence electrons. The number of ether oxygens (including phenoxy) is 1. The SMILES string of the molecule is C[C@H](c1nc(C2CC2)no1)N1CCO[C@H](c2ccc(Cl)cc2)C1. The number of hydrogen-bond donors (Lipinski definition) is 0. The monoisotopic (exact) mass is 333 g/mol. The summed E-state index contributed by atoms with van der Waals surface area (Å²) in [5.41, 5.74) is 1.15. The third kappa shape index (κ3) is 3.27. The van der Waals surface area contributed by atoms with Gasteiger partial charge in [0.1, 0.15) is 0 Å². The van der Waals surface area contributed by atoms with E-state index >= 15 is 0 Å². The average molecular weight is 334 g/mol. The fourth-order valence-corrected chi connectivity index (χ4v) is 3.11. The first kappa shape index (κ1) is 15.1. The van der Waals surface area contributed by atoms with E-state index in [0.29, 0.717) is 18.4 Å². The van der Waals surface area contributed by atoms with E-state index in [1.165, 1.54) is 12.8 Å². The van der Waals surface area contributed by atoms with E-state index in [-0.39, 0.29) is 12.1 Å². The van der Waals surface area contributed by atoms with Crippen LogP contribution in [0.15, 0.2) is 28.8 Å². The minimum Gasteiger partial charge on any atom is -0.371 e. The molecule has 0 radical (unpaired) electrons. The average Bonchev–Trinajstić information content (AvgIpc) is 3.32. The first-order chi connectivity index (χ1) is 11.2. The summed E-state index contributed by atoms with van der Waals surface area (Å²) in [5, 5.41) is 4.87. The van der Waals surface area contributed by atoms with Gasteiger partial charge in [-0.1, -0.05) is 28.9 Å². The van der Waals surface area contributed by atoms with Crippen LogP contribution in [0.3, 0.4) is 0 Å². The number of nitrogens with zero attached hydrogens (tertiary/aromatic N) is 3. The lowest BCUT2D eigenvalue weighted by molar-refractivity contribution is -0.0469. The summed E-state index contributed by atoms with van der Waals surface area (Å²) in [6.45, 7) is 4.49. The molecule has 0 bridgehead atoms. The van der Waals surface area contributed by atoms with E-state index in [0.717, 1.165) is 29.5 Å². The minimum absolute atomic E-state index is 0.0503. The summed E-state index contributed by atoms with van der Waals surface area (Å²) in [7, 11) is 0. The molecule has 6 heteroatoms. The number of rotatable bonds is 4. The Morgan fingerprint density at radius 3 is 2.78 bits per heavy atom. The molecule has 4 rings (SSSR count). The second-order valence-electron chi connectivity index (χ2n) is 6.35. The molecule has 1 aromatic heterocycles. The molecule has 5 nitrogen and oxygen atoms in total. The Balaban J connectivity index is 1.46. The Bertz CT molecular complexity index is 669. The lowest BCUT2D eigenvalue weighted by Gasteiger charge is -2.35. The molecule has 1 aliphatic carbocycles. The van der Waals surface area contributed by atoms with Crippen molar-refractivity contribution >= 4 is 11.6 Å². The highest BCUT2D eigenvalue weighted by Gasteiger charge is 2.32. The number of benzene rings is 1. The van der Waals surface area contributed by atoms with Gasteiger partial charge in [-0.05, 0) is 37.5 Å². The van der Waals surface area contributed by atoms with Crippen LogP contribution < -0.4 is 0 Å². The molecule has 1 saturated carbocycles. The molecule has 0 N–H and O–H groups in total. The van der Waals surface area contributed by atoms with Gasteiger partial charge in [-0.3, -0.25) is 4.90 Å². The van der Waals surface area contributed by atoms with Crippen molar-refractivity contribution < 1.29 is 9.26 Å². The zero-order chi connectivity index (χ0) is 15.8. The normalized spacial score (nSPS) is 23.8. The molecule has 1 aliphatic heterocycles. The van der Waals surface area contributed by atoms with Gasteiger partial charge in [0.2, 0.25) is 5.89 Å². The van der Waals surface area contributed by atoms with Crippen LogP contribution in [-0.4, -0.2) is 34.7 Å². The van der Waals surface area contributed by atoms with Gasteiger partial charge in [0.25, 0.3) is 0 Å². The lowest BCUT2D eigenvalue weighted by Crippen LogP contribution is -2.40. The molecule has 23 heavy (non-hydrogen) atoms. The molecule has 2 aromatic rings. The second kappa shape index (κ2) is 6.23. The van der Waals surface area contributed by atoms with Crippen LogP contribution >= 0.6 is 11.6 Å². The maximum atomic E-state index is 5.96. The zero-order valence-corrected chi connectivity index (χ0v) is 13.9. The third-order valence-corrected chi connectivity index (χ3v) is 4.90. The Morgan fingerprint density at radius 1 is 1.26 bits per heavy atom. The highest BCUT2D eigenvalue weighted by atomic mass is 35.5. The zero-order valence-electron chi connectivity index (χ0n) is 13.1. The predicted octanol–water partition coefficient (Wildman–Crippen LogP) is 3.73. The van der Waals surface area contributed by atoms with Crippen molar-refractivity contribution in [3.63, 3.8) is 0 Å². The standard InChI is InChI=1S/C17H20ClN3O2/c1-11(17-19-16(20-23-17)13-2-3-13)21-8-9-22-15(10-21)12-4-6-14(18)7-5-12/h4-7,11,13,15H,2-3,8-10H2,1H3/t11-,15+/m1/s1. The van der Waals surface area contributed by atoms with Gasteiger partial charge in [-0.25, -0.2) is 0 Å². The first-order valence-corrected chi connectivity index (χ1v) is 8.53. The summed E-state index contributed by atoms with van der Waals surface area (Å²) >= 11 is 5.96. The van der Waals surface area contributed by atoms with Gasteiger partial charge in [0.05, 0.1) is 18.8 Å². The van der Waals surface area contributed by atoms with Crippen molar-refractivity contribution in [1.82, 2.24) is 15.0 Å². The number of halogens is 1. The number of hydrogen-bond acceptors (Lipinski definition) is 5. The molecule has 0 amide bonds. The molecule has 2 aliphatic rings. The molecular weight excluding hydrogens is 314 g/mol. The molecule has 0 spiro atoms. The molecule has 2 fully saturated rings. The molecule has 1 saturated heterocycles. The van der Waals surface area contributed by atoms with E-state index in [1.807, 2.05) is 24.3 Å². The predicted molar refractivity (Wildman–Crippen MR) is 86.4 cm³/mol. The van der Waals surface area contributed by atoms with Gasteiger partial charge in [0, 0.05) is 24.0 Å². The van der Waals surface area contributed by atoms with Crippen LogP contribution in [0.25, 0.3) is 0 Å². The largest absolute Gasteiger partial charge is 0.371 e. The summed E-state index contributed by atoms with van der Waals surface area (Å²) in [6.07, 6.45) is 2.42. The van der Waals surface area contributed by atoms with Crippen molar-refractivity contribution in [2.45, 2.75) is 37.8 Å². The van der Waals surface area contributed by atoms with Crippen molar-refractivity contribution in [3.05, 3.63) is 46.6 Å². The Kier molecular flexibility index (Phi) is 4.09. The van der Waals surface area contributed by atoms with E-state index in [4.69, 9.17) is 20.9 Å².